The highest BCUT2D eigenvalue weighted by Crippen LogP contribution is 2.22. The quantitative estimate of drug-likeness (QED) is 0.525. The molecule has 0 bridgehead atoms. The summed E-state index contributed by atoms with van der Waals surface area (Å²) < 4.78 is 0. The van der Waals surface area contributed by atoms with Crippen LogP contribution in [0.1, 0.15) is 36.1 Å². The summed E-state index contributed by atoms with van der Waals surface area (Å²) >= 11 is 0. The minimum absolute atomic E-state index is 0.0854. The molecule has 0 radical (unpaired) electrons. The number of benzene rings is 3. The first-order chi connectivity index (χ1) is 15.0. The maximum atomic E-state index is 13.2. The van der Waals surface area contributed by atoms with Crippen molar-refractivity contribution in [2.45, 2.75) is 32.9 Å². The average Bonchev–Trinajstić information content (AvgIpc) is 2.80. The van der Waals surface area contributed by atoms with E-state index in [0.29, 0.717) is 13.1 Å². The van der Waals surface area contributed by atoms with E-state index < -0.39 is 0 Å². The molecule has 0 aromatic heterocycles. The van der Waals surface area contributed by atoms with E-state index in [4.69, 9.17) is 0 Å². The lowest BCUT2D eigenvalue weighted by molar-refractivity contribution is -0.121. The SMILES string of the molecule is Cc1ccccc1NC(=O)N(CCC(=O)NCc1ccccc1)C(C)c1ccccc1. The highest BCUT2D eigenvalue weighted by atomic mass is 16.2. The second-order valence-electron chi connectivity index (χ2n) is 7.54. The second kappa shape index (κ2) is 11.0. The van der Waals surface area contributed by atoms with Crippen LogP contribution in [0.25, 0.3) is 0 Å². The number of nitrogens with zero attached hydrogens (tertiary/aromatic N) is 1. The number of hydrogen-bond donors (Lipinski definition) is 2. The number of aryl methyl sites for hydroxylation is 1. The van der Waals surface area contributed by atoms with Crippen molar-refractivity contribution in [3.63, 3.8) is 0 Å². The molecule has 0 aliphatic heterocycles. The molecule has 2 N–H and O–H groups in total. The zero-order chi connectivity index (χ0) is 22.1. The molecular formula is C26H29N3O2. The summed E-state index contributed by atoms with van der Waals surface area (Å²) in [5, 5.41) is 5.93. The molecule has 1 unspecified atom stereocenters. The van der Waals surface area contributed by atoms with Crippen LogP contribution in [-0.2, 0) is 11.3 Å². The molecule has 0 saturated heterocycles. The van der Waals surface area contributed by atoms with Crippen molar-refractivity contribution in [2.75, 3.05) is 11.9 Å². The van der Waals surface area contributed by atoms with Gasteiger partial charge in [-0.1, -0.05) is 78.9 Å². The van der Waals surface area contributed by atoms with Crippen LogP contribution in [0.15, 0.2) is 84.9 Å². The summed E-state index contributed by atoms with van der Waals surface area (Å²) in [5.41, 5.74) is 3.82. The molecule has 0 saturated carbocycles. The van der Waals surface area contributed by atoms with Gasteiger partial charge in [0.2, 0.25) is 5.91 Å². The van der Waals surface area contributed by atoms with Crippen LogP contribution < -0.4 is 10.6 Å². The summed E-state index contributed by atoms with van der Waals surface area (Å²) in [5.74, 6) is -0.0854. The predicted molar refractivity (Wildman–Crippen MR) is 125 cm³/mol. The molecule has 3 aromatic carbocycles. The van der Waals surface area contributed by atoms with Gasteiger partial charge in [0.05, 0.1) is 6.04 Å². The average molecular weight is 416 g/mol. The molecule has 0 fully saturated rings. The number of nitrogens with one attached hydrogen (secondary N) is 2. The van der Waals surface area contributed by atoms with E-state index in [0.717, 1.165) is 22.4 Å². The zero-order valence-corrected chi connectivity index (χ0v) is 18.0. The van der Waals surface area contributed by atoms with Gasteiger partial charge < -0.3 is 15.5 Å². The maximum absolute atomic E-state index is 13.2. The van der Waals surface area contributed by atoms with E-state index in [2.05, 4.69) is 10.6 Å². The van der Waals surface area contributed by atoms with Crippen molar-refractivity contribution >= 4 is 17.6 Å². The molecule has 0 spiro atoms. The molecule has 5 nitrogen and oxygen atoms in total. The first kappa shape index (κ1) is 22.1. The van der Waals surface area contributed by atoms with Gasteiger partial charge in [-0.3, -0.25) is 4.79 Å². The van der Waals surface area contributed by atoms with Gasteiger partial charge in [0.1, 0.15) is 0 Å². The molecule has 3 amide bonds. The van der Waals surface area contributed by atoms with Crippen molar-refractivity contribution in [1.82, 2.24) is 10.2 Å². The van der Waals surface area contributed by atoms with Gasteiger partial charge in [0.15, 0.2) is 0 Å². The number of rotatable bonds is 8. The lowest BCUT2D eigenvalue weighted by Crippen LogP contribution is -2.39. The predicted octanol–water partition coefficient (Wildman–Crippen LogP) is 5.30. The van der Waals surface area contributed by atoms with Crippen LogP contribution in [0.3, 0.4) is 0 Å². The Kier molecular flexibility index (Phi) is 7.82. The summed E-state index contributed by atoms with van der Waals surface area (Å²) in [4.78, 5) is 27.3. The Morgan fingerprint density at radius 2 is 1.48 bits per heavy atom. The molecule has 0 aliphatic rings. The summed E-state index contributed by atoms with van der Waals surface area (Å²) in [6, 6.07) is 26.9. The van der Waals surface area contributed by atoms with Gasteiger partial charge in [0, 0.05) is 25.2 Å². The Balaban J connectivity index is 1.67. The number of carbonyl (C=O) groups excluding carboxylic acids is 2. The van der Waals surface area contributed by atoms with Gasteiger partial charge in [-0.05, 0) is 36.6 Å². The minimum Gasteiger partial charge on any atom is -0.352 e. The smallest absolute Gasteiger partial charge is 0.322 e. The zero-order valence-electron chi connectivity index (χ0n) is 18.0. The van der Waals surface area contributed by atoms with Crippen molar-refractivity contribution < 1.29 is 9.59 Å². The third kappa shape index (κ3) is 6.44. The Bertz CT molecular complexity index is 990. The molecule has 31 heavy (non-hydrogen) atoms. The van der Waals surface area contributed by atoms with E-state index in [1.165, 1.54) is 0 Å². The number of para-hydroxylation sites is 1. The Morgan fingerprint density at radius 3 is 2.16 bits per heavy atom. The molecule has 3 aromatic rings. The fraction of sp³-hybridized carbons (Fsp3) is 0.231. The van der Waals surface area contributed by atoms with Crippen LogP contribution >= 0.6 is 0 Å². The van der Waals surface area contributed by atoms with Gasteiger partial charge >= 0.3 is 6.03 Å². The number of hydrogen-bond acceptors (Lipinski definition) is 2. The van der Waals surface area contributed by atoms with Crippen molar-refractivity contribution in [2.24, 2.45) is 0 Å². The standard InChI is InChI=1S/C26H29N3O2/c1-20-11-9-10-16-24(20)28-26(31)29(21(2)23-14-7-4-8-15-23)18-17-25(30)27-19-22-12-5-3-6-13-22/h3-16,21H,17-19H2,1-2H3,(H,27,30)(H,28,31). The molecule has 160 valence electrons. The van der Waals surface area contributed by atoms with E-state index in [1.54, 1.807) is 4.90 Å². The first-order valence-electron chi connectivity index (χ1n) is 10.5. The normalized spacial score (nSPS) is 11.4. The topological polar surface area (TPSA) is 61.4 Å². The molecule has 0 heterocycles. The van der Waals surface area contributed by atoms with Gasteiger partial charge in [0.25, 0.3) is 0 Å². The van der Waals surface area contributed by atoms with E-state index in [1.807, 2.05) is 98.8 Å². The fourth-order valence-corrected chi connectivity index (χ4v) is 3.39. The number of urea groups is 1. The van der Waals surface area contributed by atoms with Crippen molar-refractivity contribution in [3.8, 4) is 0 Å². The van der Waals surface area contributed by atoms with E-state index in [9.17, 15) is 9.59 Å². The van der Waals surface area contributed by atoms with E-state index in [-0.39, 0.29) is 24.4 Å². The first-order valence-corrected chi connectivity index (χ1v) is 10.5. The monoisotopic (exact) mass is 415 g/mol. The third-order valence-corrected chi connectivity index (χ3v) is 5.31. The molecule has 0 aliphatic carbocycles. The number of anilines is 1. The fourth-order valence-electron chi connectivity index (χ4n) is 3.39. The van der Waals surface area contributed by atoms with Crippen LogP contribution in [0, 0.1) is 6.92 Å². The second-order valence-corrected chi connectivity index (χ2v) is 7.54. The summed E-state index contributed by atoms with van der Waals surface area (Å²) in [6.07, 6.45) is 0.227. The summed E-state index contributed by atoms with van der Waals surface area (Å²) in [6.45, 7) is 4.73. The van der Waals surface area contributed by atoms with Gasteiger partial charge in [-0.25, -0.2) is 4.79 Å². The highest BCUT2D eigenvalue weighted by Gasteiger charge is 2.22. The van der Waals surface area contributed by atoms with Gasteiger partial charge in [-0.15, -0.1) is 0 Å². The lowest BCUT2D eigenvalue weighted by Gasteiger charge is -2.30. The van der Waals surface area contributed by atoms with Crippen LogP contribution in [-0.4, -0.2) is 23.4 Å². The largest absolute Gasteiger partial charge is 0.352 e. The van der Waals surface area contributed by atoms with Crippen LogP contribution in [0.5, 0.6) is 0 Å². The molecular weight excluding hydrogens is 386 g/mol. The molecule has 3 rings (SSSR count). The number of carbonyl (C=O) groups is 2. The maximum Gasteiger partial charge on any atom is 0.322 e. The van der Waals surface area contributed by atoms with Gasteiger partial charge in [-0.2, -0.15) is 0 Å². The Labute approximate surface area is 184 Å². The van der Waals surface area contributed by atoms with Crippen LogP contribution in [0.2, 0.25) is 0 Å². The minimum atomic E-state index is -0.221. The van der Waals surface area contributed by atoms with Crippen molar-refractivity contribution in [1.29, 1.82) is 0 Å². The van der Waals surface area contributed by atoms with Crippen molar-refractivity contribution in [3.05, 3.63) is 102 Å². The van der Waals surface area contributed by atoms with Crippen LogP contribution in [0.4, 0.5) is 10.5 Å². The summed E-state index contributed by atoms with van der Waals surface area (Å²) in [7, 11) is 0. The Hall–Kier alpha value is -3.60. The third-order valence-electron chi connectivity index (χ3n) is 5.31. The molecule has 1 atom stereocenters. The van der Waals surface area contributed by atoms with E-state index >= 15 is 0 Å². The number of amides is 3. The lowest BCUT2D eigenvalue weighted by atomic mass is 10.1. The molecule has 5 heteroatoms. The highest BCUT2D eigenvalue weighted by molar-refractivity contribution is 5.90. The Morgan fingerprint density at radius 1 is 0.871 bits per heavy atom.